The van der Waals surface area contributed by atoms with Crippen molar-refractivity contribution in [3.8, 4) is 0 Å². The molecule has 0 spiro atoms. The number of anilines is 1. The fraction of sp³-hybridized carbons (Fsp3) is 0.273. The van der Waals surface area contributed by atoms with Crippen molar-refractivity contribution in [2.24, 2.45) is 0 Å². The minimum absolute atomic E-state index is 0.0867. The van der Waals surface area contributed by atoms with Crippen LogP contribution in [-0.4, -0.2) is 39.4 Å². The van der Waals surface area contributed by atoms with Crippen LogP contribution in [0.4, 0.5) is 5.69 Å². The van der Waals surface area contributed by atoms with Crippen molar-refractivity contribution in [3.05, 3.63) is 70.3 Å². The molecule has 0 radical (unpaired) electrons. The summed E-state index contributed by atoms with van der Waals surface area (Å²) in [5.41, 5.74) is 2.29. The molecule has 1 aromatic heterocycles. The molecule has 1 heterocycles. The lowest BCUT2D eigenvalue weighted by atomic mass is 10.1. The molecule has 2 aromatic carbocycles. The number of benzene rings is 2. The van der Waals surface area contributed by atoms with Crippen LogP contribution in [0.15, 0.2) is 53.6 Å². The van der Waals surface area contributed by atoms with E-state index < -0.39 is 0 Å². The Kier molecular flexibility index (Phi) is 6.07. The minimum atomic E-state index is -0.367. The summed E-state index contributed by atoms with van der Waals surface area (Å²) in [5.74, 6) is -0.454. The summed E-state index contributed by atoms with van der Waals surface area (Å²) in [6.07, 6.45) is 1.39. The second kappa shape index (κ2) is 8.68. The number of aromatic nitrogens is 2. The second-order valence-corrected chi connectivity index (χ2v) is 6.76. The Labute approximate surface area is 169 Å². The van der Waals surface area contributed by atoms with Gasteiger partial charge in [0.25, 0.3) is 11.5 Å². The van der Waals surface area contributed by atoms with Crippen LogP contribution in [0.1, 0.15) is 29.8 Å². The second-order valence-electron chi connectivity index (χ2n) is 6.76. The number of nitrogens with one attached hydrogen (secondary N) is 1. The summed E-state index contributed by atoms with van der Waals surface area (Å²) in [7, 11) is 0. The Balaban J connectivity index is 1.77. The van der Waals surface area contributed by atoms with Crippen LogP contribution in [0, 0.1) is 6.92 Å². The molecule has 150 valence electrons. The van der Waals surface area contributed by atoms with E-state index in [0.29, 0.717) is 35.2 Å². The van der Waals surface area contributed by atoms with Crippen LogP contribution in [0.3, 0.4) is 0 Å². The molecule has 0 unspecified atom stereocenters. The molecule has 0 bridgehead atoms. The van der Waals surface area contributed by atoms with Gasteiger partial charge in [0.05, 0.1) is 17.2 Å². The maximum absolute atomic E-state index is 12.6. The Morgan fingerprint density at radius 1 is 1.10 bits per heavy atom. The van der Waals surface area contributed by atoms with Crippen LogP contribution in [0.2, 0.25) is 0 Å². The number of carbonyl (C=O) groups excluding carboxylic acids is 2. The van der Waals surface area contributed by atoms with Gasteiger partial charge in [0, 0.05) is 24.3 Å². The Hall–Kier alpha value is -3.48. The first-order chi connectivity index (χ1) is 13.9. The third-order valence-electron chi connectivity index (χ3n) is 4.81. The lowest BCUT2D eigenvalue weighted by Crippen LogP contribution is -2.30. The number of amides is 2. The van der Waals surface area contributed by atoms with Gasteiger partial charge >= 0.3 is 0 Å². The standard InChI is InChI=1S/C22H24N4O3/c1-4-25(5-2)21(28)16-9-7-10-17(12-16)24-19(27)13-26-14-23-20-15(3)8-6-11-18(20)22(26)29/h6-12,14H,4-5,13H2,1-3H3,(H,24,27). The average Bonchev–Trinajstić information content (AvgIpc) is 2.71. The van der Waals surface area contributed by atoms with Crippen LogP contribution in [0.5, 0.6) is 0 Å². The fourth-order valence-electron chi connectivity index (χ4n) is 3.23. The maximum atomic E-state index is 12.6. The molecule has 2 amide bonds. The first-order valence-electron chi connectivity index (χ1n) is 9.58. The van der Waals surface area contributed by atoms with Crippen LogP contribution in [-0.2, 0) is 11.3 Å². The zero-order chi connectivity index (χ0) is 21.0. The van der Waals surface area contributed by atoms with Crippen molar-refractivity contribution in [2.45, 2.75) is 27.3 Å². The number of fused-ring (bicyclic) bond motifs is 1. The van der Waals surface area contributed by atoms with Gasteiger partial charge < -0.3 is 10.2 Å². The molecule has 0 fully saturated rings. The Bertz CT molecular complexity index is 1120. The summed E-state index contributed by atoms with van der Waals surface area (Å²) in [4.78, 5) is 43.6. The molecule has 7 nitrogen and oxygen atoms in total. The highest BCUT2D eigenvalue weighted by molar-refractivity contribution is 5.97. The normalized spacial score (nSPS) is 10.7. The van der Waals surface area contributed by atoms with Gasteiger partial charge in [0.1, 0.15) is 6.54 Å². The van der Waals surface area contributed by atoms with Gasteiger partial charge in [-0.1, -0.05) is 18.2 Å². The highest BCUT2D eigenvalue weighted by Gasteiger charge is 2.14. The zero-order valence-electron chi connectivity index (χ0n) is 16.8. The molecule has 3 aromatic rings. The summed E-state index contributed by atoms with van der Waals surface area (Å²) < 4.78 is 1.28. The van der Waals surface area contributed by atoms with Gasteiger partial charge in [-0.05, 0) is 50.6 Å². The number of hydrogen-bond acceptors (Lipinski definition) is 4. The molecule has 0 aliphatic rings. The largest absolute Gasteiger partial charge is 0.339 e. The zero-order valence-corrected chi connectivity index (χ0v) is 16.8. The van der Waals surface area contributed by atoms with E-state index in [1.165, 1.54) is 10.9 Å². The lowest BCUT2D eigenvalue weighted by Gasteiger charge is -2.19. The van der Waals surface area contributed by atoms with Crippen molar-refractivity contribution >= 4 is 28.4 Å². The van der Waals surface area contributed by atoms with E-state index in [4.69, 9.17) is 0 Å². The Morgan fingerprint density at radius 3 is 2.55 bits per heavy atom. The number of aryl methyl sites for hydroxylation is 1. The minimum Gasteiger partial charge on any atom is -0.339 e. The van der Waals surface area contributed by atoms with Crippen LogP contribution < -0.4 is 10.9 Å². The molecule has 0 aliphatic heterocycles. The predicted molar refractivity (Wildman–Crippen MR) is 113 cm³/mol. The van der Waals surface area contributed by atoms with Gasteiger partial charge in [-0.25, -0.2) is 4.98 Å². The van der Waals surface area contributed by atoms with E-state index in [2.05, 4.69) is 10.3 Å². The molecule has 7 heteroatoms. The van der Waals surface area contributed by atoms with E-state index in [1.807, 2.05) is 26.8 Å². The van der Waals surface area contributed by atoms with Crippen LogP contribution >= 0.6 is 0 Å². The summed E-state index contributed by atoms with van der Waals surface area (Å²) in [6.45, 7) is 6.79. The molecule has 29 heavy (non-hydrogen) atoms. The summed E-state index contributed by atoms with van der Waals surface area (Å²) in [6, 6.07) is 12.2. The third kappa shape index (κ3) is 4.34. The smallest absolute Gasteiger partial charge is 0.261 e. The molecule has 0 atom stereocenters. The maximum Gasteiger partial charge on any atom is 0.261 e. The third-order valence-corrected chi connectivity index (χ3v) is 4.81. The molecule has 0 aliphatic carbocycles. The fourth-order valence-corrected chi connectivity index (χ4v) is 3.23. The topological polar surface area (TPSA) is 84.3 Å². The molecule has 1 N–H and O–H groups in total. The first kappa shape index (κ1) is 20.3. The number of carbonyl (C=O) groups is 2. The van der Waals surface area contributed by atoms with E-state index in [-0.39, 0.29) is 23.9 Å². The highest BCUT2D eigenvalue weighted by Crippen LogP contribution is 2.14. The van der Waals surface area contributed by atoms with E-state index in [0.717, 1.165) is 5.56 Å². The number of nitrogens with zero attached hydrogens (tertiary/aromatic N) is 3. The SMILES string of the molecule is CCN(CC)C(=O)c1cccc(NC(=O)Cn2cnc3c(C)cccc3c2=O)c1. The number of rotatable bonds is 6. The van der Waals surface area contributed by atoms with Crippen LogP contribution in [0.25, 0.3) is 10.9 Å². The van der Waals surface area contributed by atoms with Gasteiger partial charge in [-0.2, -0.15) is 0 Å². The molecule has 0 saturated heterocycles. The van der Waals surface area contributed by atoms with E-state index in [1.54, 1.807) is 41.3 Å². The highest BCUT2D eigenvalue weighted by atomic mass is 16.2. The van der Waals surface area contributed by atoms with Crippen molar-refractivity contribution in [1.29, 1.82) is 0 Å². The van der Waals surface area contributed by atoms with Crippen molar-refractivity contribution in [3.63, 3.8) is 0 Å². The van der Waals surface area contributed by atoms with Gasteiger partial charge in [-0.3, -0.25) is 19.0 Å². The average molecular weight is 392 g/mol. The molecule has 3 rings (SSSR count). The summed E-state index contributed by atoms with van der Waals surface area (Å²) >= 11 is 0. The predicted octanol–water partition coefficient (Wildman–Crippen LogP) is 2.83. The molecular formula is C22H24N4O3. The number of hydrogen-bond donors (Lipinski definition) is 1. The van der Waals surface area contributed by atoms with Gasteiger partial charge in [-0.15, -0.1) is 0 Å². The summed E-state index contributed by atoms with van der Waals surface area (Å²) in [5, 5.41) is 3.23. The Morgan fingerprint density at radius 2 is 1.83 bits per heavy atom. The van der Waals surface area contributed by atoms with E-state index in [9.17, 15) is 14.4 Å². The number of para-hydroxylation sites is 1. The molecule has 0 saturated carbocycles. The van der Waals surface area contributed by atoms with Crippen molar-refractivity contribution in [2.75, 3.05) is 18.4 Å². The van der Waals surface area contributed by atoms with E-state index >= 15 is 0 Å². The first-order valence-corrected chi connectivity index (χ1v) is 9.58. The van der Waals surface area contributed by atoms with Gasteiger partial charge in [0.15, 0.2) is 0 Å². The van der Waals surface area contributed by atoms with Crippen molar-refractivity contribution in [1.82, 2.24) is 14.5 Å². The quantitative estimate of drug-likeness (QED) is 0.699. The lowest BCUT2D eigenvalue weighted by molar-refractivity contribution is -0.116. The van der Waals surface area contributed by atoms with Crippen molar-refractivity contribution < 1.29 is 9.59 Å². The molecular weight excluding hydrogens is 368 g/mol. The van der Waals surface area contributed by atoms with Gasteiger partial charge in [0.2, 0.25) is 5.91 Å². The monoisotopic (exact) mass is 392 g/mol.